The van der Waals surface area contributed by atoms with Crippen LogP contribution in [-0.2, 0) is 5.60 Å². The Kier molecular flexibility index (Phi) is 5.64. The molecule has 2 aliphatic heterocycles. The first kappa shape index (κ1) is 21.7. The van der Waals surface area contributed by atoms with Gasteiger partial charge in [-0.05, 0) is 42.0 Å². The van der Waals surface area contributed by atoms with Crippen LogP contribution in [0, 0.1) is 0 Å². The zero-order chi connectivity index (χ0) is 22.5. The van der Waals surface area contributed by atoms with Crippen molar-refractivity contribution in [2.75, 3.05) is 26.2 Å². The van der Waals surface area contributed by atoms with E-state index in [9.17, 15) is 15.0 Å². The van der Waals surface area contributed by atoms with Crippen LogP contribution < -0.4 is 0 Å². The molecule has 2 aliphatic rings. The summed E-state index contributed by atoms with van der Waals surface area (Å²) in [5.41, 5.74) is 1.24. The molecule has 2 N–H and O–H groups in total. The number of hydrogen-bond donors (Lipinski definition) is 2. The van der Waals surface area contributed by atoms with Crippen LogP contribution in [0.2, 0.25) is 10.0 Å². The maximum atomic E-state index is 13.1. The Balaban J connectivity index is 1.26. The van der Waals surface area contributed by atoms with Gasteiger partial charge in [0.2, 0.25) is 0 Å². The molecule has 0 saturated carbocycles. The van der Waals surface area contributed by atoms with Crippen LogP contribution >= 0.6 is 23.2 Å². The van der Waals surface area contributed by atoms with Gasteiger partial charge < -0.3 is 20.0 Å². The zero-order valence-corrected chi connectivity index (χ0v) is 19.0. The van der Waals surface area contributed by atoms with Gasteiger partial charge in [-0.2, -0.15) is 0 Å². The number of nitrogens with zero attached hydrogens (tertiary/aromatic N) is 2. The molecule has 1 fully saturated rings. The van der Waals surface area contributed by atoms with Crippen LogP contribution in [0.25, 0.3) is 10.8 Å². The maximum Gasteiger partial charge on any atom is 0.256 e. The van der Waals surface area contributed by atoms with Crippen molar-refractivity contribution in [3.8, 4) is 0 Å². The van der Waals surface area contributed by atoms with E-state index >= 15 is 0 Å². The van der Waals surface area contributed by atoms with Gasteiger partial charge in [0.1, 0.15) is 0 Å². The third-order valence-electron chi connectivity index (χ3n) is 6.80. The maximum absolute atomic E-state index is 13.1. The second kappa shape index (κ2) is 8.32. The summed E-state index contributed by atoms with van der Waals surface area (Å²) >= 11 is 12.1. The van der Waals surface area contributed by atoms with Crippen molar-refractivity contribution < 1.29 is 15.0 Å². The normalized spacial score (nSPS) is 20.7. The van der Waals surface area contributed by atoms with Crippen LogP contribution in [-0.4, -0.2) is 52.1 Å². The molecule has 1 unspecified atom stereocenters. The fourth-order valence-electron chi connectivity index (χ4n) is 4.89. The quantitative estimate of drug-likeness (QED) is 0.585. The van der Waals surface area contributed by atoms with Crippen LogP contribution in [0.5, 0.6) is 0 Å². The number of likely N-dealkylation sites (tertiary alicyclic amines) is 1. The molecule has 1 saturated heterocycles. The van der Waals surface area contributed by atoms with E-state index in [0.29, 0.717) is 54.6 Å². The summed E-state index contributed by atoms with van der Waals surface area (Å²) in [6, 6.07) is 16.7. The van der Waals surface area contributed by atoms with Crippen molar-refractivity contribution in [1.82, 2.24) is 9.80 Å². The molecule has 7 heteroatoms. The summed E-state index contributed by atoms with van der Waals surface area (Å²) in [5, 5.41) is 24.8. The predicted octanol–water partition coefficient (Wildman–Crippen LogP) is 4.58. The monoisotopic (exact) mass is 470 g/mol. The number of benzene rings is 3. The Morgan fingerprint density at radius 2 is 1.69 bits per heavy atom. The summed E-state index contributed by atoms with van der Waals surface area (Å²) in [6.07, 6.45) is 0.159. The minimum atomic E-state index is -0.959. The first-order valence-electron chi connectivity index (χ1n) is 10.8. The minimum absolute atomic E-state index is 0.147. The van der Waals surface area contributed by atoms with Crippen LogP contribution in [0.4, 0.5) is 0 Å². The van der Waals surface area contributed by atoms with Crippen molar-refractivity contribution >= 4 is 39.9 Å². The van der Waals surface area contributed by atoms with Gasteiger partial charge in [0.25, 0.3) is 5.91 Å². The minimum Gasteiger partial charge on any atom is -0.385 e. The lowest BCUT2D eigenvalue weighted by atomic mass is 9.84. The molecule has 1 atom stereocenters. The third-order valence-corrected chi connectivity index (χ3v) is 7.54. The van der Waals surface area contributed by atoms with Gasteiger partial charge in [0.05, 0.1) is 15.6 Å². The highest BCUT2D eigenvalue weighted by Gasteiger charge is 2.36. The van der Waals surface area contributed by atoms with E-state index in [2.05, 4.69) is 4.90 Å². The molecule has 32 heavy (non-hydrogen) atoms. The molecule has 3 aromatic carbocycles. The highest BCUT2D eigenvalue weighted by molar-refractivity contribution is 6.42. The Morgan fingerprint density at radius 3 is 2.41 bits per heavy atom. The van der Waals surface area contributed by atoms with Gasteiger partial charge in [-0.1, -0.05) is 59.6 Å². The number of piperidine rings is 1. The molecule has 3 aromatic rings. The number of hydrogen-bond acceptors (Lipinski definition) is 4. The van der Waals surface area contributed by atoms with E-state index in [1.54, 1.807) is 12.1 Å². The van der Waals surface area contributed by atoms with Crippen molar-refractivity contribution in [3.63, 3.8) is 0 Å². The number of rotatable bonds is 4. The molecule has 0 spiro atoms. The topological polar surface area (TPSA) is 64.0 Å². The average molecular weight is 471 g/mol. The van der Waals surface area contributed by atoms with E-state index in [1.165, 1.54) is 4.90 Å². The van der Waals surface area contributed by atoms with Crippen LogP contribution in [0.1, 0.15) is 40.6 Å². The lowest BCUT2D eigenvalue weighted by Gasteiger charge is -2.40. The fourth-order valence-corrected chi connectivity index (χ4v) is 5.19. The molecule has 0 radical (unpaired) electrons. The number of amides is 1. The number of aliphatic hydroxyl groups is 2. The zero-order valence-electron chi connectivity index (χ0n) is 17.5. The Morgan fingerprint density at radius 1 is 0.969 bits per heavy atom. The third kappa shape index (κ3) is 3.68. The fraction of sp³-hybridized carbons (Fsp3) is 0.320. The highest BCUT2D eigenvalue weighted by Crippen LogP contribution is 2.37. The SMILES string of the molecule is O=C1c2cccc3cccc(c23)C(O)N1CCN1CCC(O)(c2ccc(Cl)c(Cl)c2)CC1. The molecule has 5 rings (SSSR count). The highest BCUT2D eigenvalue weighted by atomic mass is 35.5. The van der Waals surface area contributed by atoms with Crippen molar-refractivity contribution in [2.45, 2.75) is 24.7 Å². The van der Waals surface area contributed by atoms with Gasteiger partial charge in [-0.3, -0.25) is 4.79 Å². The molecular formula is C25H24Cl2N2O3. The number of halogens is 2. The van der Waals surface area contributed by atoms with E-state index in [4.69, 9.17) is 23.2 Å². The second-order valence-corrected chi connectivity index (χ2v) is 9.44. The smallest absolute Gasteiger partial charge is 0.256 e. The van der Waals surface area contributed by atoms with E-state index in [-0.39, 0.29) is 5.91 Å². The lowest BCUT2D eigenvalue weighted by molar-refractivity contribution is -0.0337. The summed E-state index contributed by atoms with van der Waals surface area (Å²) in [5.74, 6) is -0.147. The molecule has 2 heterocycles. The molecule has 0 aliphatic carbocycles. The summed E-state index contributed by atoms with van der Waals surface area (Å²) in [7, 11) is 0. The molecule has 1 amide bonds. The van der Waals surface area contributed by atoms with Gasteiger partial charge in [0.15, 0.2) is 6.23 Å². The average Bonchev–Trinajstić information content (AvgIpc) is 2.80. The molecule has 166 valence electrons. The van der Waals surface area contributed by atoms with E-state index < -0.39 is 11.8 Å². The predicted molar refractivity (Wildman–Crippen MR) is 126 cm³/mol. The van der Waals surface area contributed by atoms with E-state index in [1.807, 2.05) is 42.5 Å². The van der Waals surface area contributed by atoms with Gasteiger partial charge in [-0.15, -0.1) is 0 Å². The van der Waals surface area contributed by atoms with Crippen LogP contribution in [0.15, 0.2) is 54.6 Å². The van der Waals surface area contributed by atoms with E-state index in [0.717, 1.165) is 21.9 Å². The molecule has 0 aromatic heterocycles. The number of carbonyl (C=O) groups is 1. The standard InChI is InChI=1S/C25H24Cl2N2O3/c26-20-8-7-17(15-21(20)27)25(32)9-11-28(12-10-25)13-14-29-23(30)18-5-1-3-16-4-2-6-19(22(16)18)24(29)31/h1-8,15,23,30,32H,9-14H2. The number of carbonyl (C=O) groups excluding carboxylic acids is 1. The van der Waals surface area contributed by atoms with Gasteiger partial charge >= 0.3 is 0 Å². The molecule has 5 nitrogen and oxygen atoms in total. The Bertz CT molecular complexity index is 1190. The van der Waals surface area contributed by atoms with Gasteiger partial charge in [0, 0.05) is 42.7 Å². The summed E-state index contributed by atoms with van der Waals surface area (Å²) in [6.45, 7) is 2.40. The van der Waals surface area contributed by atoms with Crippen LogP contribution in [0.3, 0.4) is 0 Å². The van der Waals surface area contributed by atoms with Crippen molar-refractivity contribution in [3.05, 3.63) is 81.3 Å². The second-order valence-electron chi connectivity index (χ2n) is 8.63. The summed E-state index contributed by atoms with van der Waals surface area (Å²) < 4.78 is 0. The Labute approximate surface area is 196 Å². The lowest BCUT2D eigenvalue weighted by Crippen LogP contribution is -2.47. The molecular weight excluding hydrogens is 447 g/mol. The summed E-state index contributed by atoms with van der Waals surface area (Å²) in [4.78, 5) is 16.9. The largest absolute Gasteiger partial charge is 0.385 e. The first-order valence-corrected chi connectivity index (χ1v) is 11.5. The van der Waals surface area contributed by atoms with Crippen molar-refractivity contribution in [1.29, 1.82) is 0 Å². The first-order chi connectivity index (χ1) is 15.4. The Hall–Kier alpha value is -2.15. The molecule has 0 bridgehead atoms. The number of aliphatic hydroxyl groups excluding tert-OH is 1. The van der Waals surface area contributed by atoms with Gasteiger partial charge in [-0.25, -0.2) is 0 Å². The van der Waals surface area contributed by atoms with Crippen molar-refractivity contribution in [2.24, 2.45) is 0 Å².